The first-order chi connectivity index (χ1) is 13.1. The number of aryl methyl sites for hydroxylation is 1. The van der Waals surface area contributed by atoms with Crippen LogP contribution in [0, 0.1) is 12.7 Å². The average Bonchev–Trinajstić information content (AvgIpc) is 3.23. The predicted octanol–water partition coefficient (Wildman–Crippen LogP) is 5.63. The molecule has 1 aromatic heterocycles. The molecule has 27 heavy (non-hydrogen) atoms. The summed E-state index contributed by atoms with van der Waals surface area (Å²) >= 11 is 0. The standard InChI is InChI=1S/C24H25FN2/c1-16-5-10-23-21(12-16)22-13-20-4-3-11-26(20)15-24(22)27(23)14-17(2)18-6-8-19(25)9-7-18/h5-10,12,14,20H,3-4,11,13,15H2,1-2H3/b17-14+. The van der Waals surface area contributed by atoms with Gasteiger partial charge in [-0.3, -0.25) is 4.90 Å². The molecule has 138 valence electrons. The lowest BCUT2D eigenvalue weighted by Crippen LogP contribution is -2.35. The fraction of sp³-hybridized carbons (Fsp3) is 0.333. The molecule has 2 aromatic carbocycles. The van der Waals surface area contributed by atoms with Crippen LogP contribution < -0.4 is 0 Å². The van der Waals surface area contributed by atoms with Gasteiger partial charge in [0.25, 0.3) is 0 Å². The van der Waals surface area contributed by atoms with E-state index in [2.05, 4.69) is 47.7 Å². The number of hydrogen-bond acceptors (Lipinski definition) is 1. The second-order valence-electron chi connectivity index (χ2n) is 8.11. The van der Waals surface area contributed by atoms with Crippen LogP contribution in [0.4, 0.5) is 4.39 Å². The molecule has 3 heterocycles. The molecule has 1 atom stereocenters. The van der Waals surface area contributed by atoms with E-state index >= 15 is 0 Å². The smallest absolute Gasteiger partial charge is 0.123 e. The molecule has 0 saturated carbocycles. The summed E-state index contributed by atoms with van der Waals surface area (Å²) < 4.78 is 15.7. The van der Waals surface area contributed by atoms with Crippen LogP contribution in [0.15, 0.2) is 42.5 Å². The van der Waals surface area contributed by atoms with E-state index in [1.807, 2.05) is 12.1 Å². The van der Waals surface area contributed by atoms with Crippen molar-refractivity contribution in [3.8, 4) is 0 Å². The molecule has 0 N–H and O–H groups in total. The number of benzene rings is 2. The lowest BCUT2D eigenvalue weighted by Gasteiger charge is -2.30. The maximum Gasteiger partial charge on any atom is 0.123 e. The van der Waals surface area contributed by atoms with Crippen LogP contribution in [0.2, 0.25) is 0 Å². The summed E-state index contributed by atoms with van der Waals surface area (Å²) in [4.78, 5) is 2.64. The Hall–Kier alpha value is -2.39. The highest BCUT2D eigenvalue weighted by Crippen LogP contribution is 2.37. The van der Waals surface area contributed by atoms with Crippen molar-refractivity contribution in [2.45, 2.75) is 45.7 Å². The van der Waals surface area contributed by atoms with E-state index in [0.717, 1.165) is 24.1 Å². The molecule has 0 bridgehead atoms. The summed E-state index contributed by atoms with van der Waals surface area (Å²) in [6, 6.07) is 14.3. The lowest BCUT2D eigenvalue weighted by molar-refractivity contribution is 0.224. The maximum atomic E-state index is 13.3. The van der Waals surface area contributed by atoms with Crippen molar-refractivity contribution in [1.29, 1.82) is 0 Å². The van der Waals surface area contributed by atoms with Crippen LogP contribution in [-0.4, -0.2) is 22.1 Å². The molecular weight excluding hydrogens is 335 g/mol. The number of rotatable bonds is 2. The molecule has 2 aliphatic heterocycles. The van der Waals surface area contributed by atoms with Gasteiger partial charge in [0.2, 0.25) is 0 Å². The number of nitrogens with zero attached hydrogens (tertiary/aromatic N) is 2. The Labute approximate surface area is 159 Å². The van der Waals surface area contributed by atoms with Gasteiger partial charge in [-0.15, -0.1) is 0 Å². The minimum atomic E-state index is -0.189. The van der Waals surface area contributed by atoms with E-state index in [1.165, 1.54) is 59.2 Å². The first-order valence-electron chi connectivity index (χ1n) is 9.91. The van der Waals surface area contributed by atoms with Gasteiger partial charge in [0.15, 0.2) is 0 Å². The van der Waals surface area contributed by atoms with E-state index < -0.39 is 0 Å². The number of hydrogen-bond donors (Lipinski definition) is 0. The van der Waals surface area contributed by atoms with Crippen LogP contribution in [0.5, 0.6) is 0 Å². The van der Waals surface area contributed by atoms with Crippen molar-refractivity contribution in [3.05, 3.63) is 70.7 Å². The number of aromatic nitrogens is 1. The Kier molecular flexibility index (Phi) is 3.94. The second kappa shape index (κ2) is 6.35. The van der Waals surface area contributed by atoms with E-state index in [9.17, 15) is 4.39 Å². The summed E-state index contributed by atoms with van der Waals surface area (Å²) in [5.41, 5.74) is 7.77. The monoisotopic (exact) mass is 360 g/mol. The Morgan fingerprint density at radius 1 is 1.15 bits per heavy atom. The highest BCUT2D eigenvalue weighted by atomic mass is 19.1. The molecule has 3 heteroatoms. The minimum Gasteiger partial charge on any atom is -0.318 e. The van der Waals surface area contributed by atoms with Crippen LogP contribution in [-0.2, 0) is 13.0 Å². The zero-order chi connectivity index (χ0) is 18.5. The molecule has 0 amide bonds. The molecule has 0 spiro atoms. The molecule has 0 aliphatic carbocycles. The van der Waals surface area contributed by atoms with Crippen molar-refractivity contribution in [2.75, 3.05) is 6.54 Å². The largest absolute Gasteiger partial charge is 0.318 e. The Bertz CT molecular complexity index is 1040. The van der Waals surface area contributed by atoms with E-state index in [0.29, 0.717) is 6.04 Å². The van der Waals surface area contributed by atoms with Gasteiger partial charge < -0.3 is 4.57 Å². The maximum absolute atomic E-state index is 13.3. The van der Waals surface area contributed by atoms with Crippen LogP contribution in [0.3, 0.4) is 0 Å². The van der Waals surface area contributed by atoms with Gasteiger partial charge in [-0.25, -0.2) is 4.39 Å². The van der Waals surface area contributed by atoms with Crippen LogP contribution in [0.1, 0.15) is 42.1 Å². The van der Waals surface area contributed by atoms with Gasteiger partial charge in [0, 0.05) is 29.9 Å². The van der Waals surface area contributed by atoms with Crippen LogP contribution in [0.25, 0.3) is 22.7 Å². The van der Waals surface area contributed by atoms with E-state index in [-0.39, 0.29) is 5.82 Å². The van der Waals surface area contributed by atoms with Crippen molar-refractivity contribution in [1.82, 2.24) is 9.47 Å². The molecule has 2 nitrogen and oxygen atoms in total. The Balaban J connectivity index is 1.67. The van der Waals surface area contributed by atoms with Gasteiger partial charge in [-0.1, -0.05) is 23.8 Å². The first kappa shape index (κ1) is 16.8. The number of allylic oxidation sites excluding steroid dienone is 1. The second-order valence-corrected chi connectivity index (χ2v) is 8.11. The van der Waals surface area contributed by atoms with E-state index in [4.69, 9.17) is 0 Å². The topological polar surface area (TPSA) is 8.17 Å². The van der Waals surface area contributed by atoms with Crippen molar-refractivity contribution in [2.24, 2.45) is 0 Å². The summed E-state index contributed by atoms with van der Waals surface area (Å²) in [7, 11) is 0. The highest BCUT2D eigenvalue weighted by molar-refractivity contribution is 5.90. The third-order valence-corrected chi connectivity index (χ3v) is 6.29. The molecule has 0 radical (unpaired) electrons. The van der Waals surface area contributed by atoms with E-state index in [1.54, 1.807) is 0 Å². The van der Waals surface area contributed by atoms with Gasteiger partial charge >= 0.3 is 0 Å². The quantitative estimate of drug-likeness (QED) is 0.575. The van der Waals surface area contributed by atoms with Crippen molar-refractivity contribution in [3.63, 3.8) is 0 Å². The van der Waals surface area contributed by atoms with Crippen molar-refractivity contribution < 1.29 is 4.39 Å². The zero-order valence-corrected chi connectivity index (χ0v) is 16.0. The fourth-order valence-electron chi connectivity index (χ4n) is 4.84. The van der Waals surface area contributed by atoms with Gasteiger partial charge in [0.05, 0.1) is 5.52 Å². The third kappa shape index (κ3) is 2.81. The molecular formula is C24H25FN2. The molecule has 1 saturated heterocycles. The summed E-state index contributed by atoms with van der Waals surface area (Å²) in [5, 5.41) is 1.40. The molecule has 1 unspecified atom stereocenters. The zero-order valence-electron chi connectivity index (χ0n) is 16.0. The highest BCUT2D eigenvalue weighted by Gasteiger charge is 2.33. The van der Waals surface area contributed by atoms with Gasteiger partial charge in [-0.05, 0) is 80.6 Å². The first-order valence-corrected chi connectivity index (χ1v) is 9.91. The third-order valence-electron chi connectivity index (χ3n) is 6.29. The fourth-order valence-corrected chi connectivity index (χ4v) is 4.84. The molecule has 2 aliphatic rings. The SMILES string of the molecule is C/C(=C\n1c2c(c3cc(C)ccc31)CC1CCCN1C2)c1ccc(F)cc1. The van der Waals surface area contributed by atoms with Gasteiger partial charge in [0.1, 0.15) is 5.82 Å². The number of halogens is 1. The summed E-state index contributed by atoms with van der Waals surface area (Å²) in [6.07, 6.45) is 6.03. The molecule has 1 fully saturated rings. The van der Waals surface area contributed by atoms with Crippen molar-refractivity contribution >= 4 is 22.7 Å². The minimum absolute atomic E-state index is 0.189. The predicted molar refractivity (Wildman–Crippen MR) is 110 cm³/mol. The number of fused-ring (bicyclic) bond motifs is 4. The van der Waals surface area contributed by atoms with Gasteiger partial charge in [-0.2, -0.15) is 0 Å². The normalized spacial score (nSPS) is 20.1. The summed E-state index contributed by atoms with van der Waals surface area (Å²) in [5.74, 6) is -0.189. The molecule has 3 aromatic rings. The molecule has 5 rings (SSSR count). The summed E-state index contributed by atoms with van der Waals surface area (Å²) in [6.45, 7) is 6.53. The Morgan fingerprint density at radius 3 is 2.78 bits per heavy atom. The van der Waals surface area contributed by atoms with Crippen LogP contribution >= 0.6 is 0 Å². The average molecular weight is 360 g/mol. The lowest BCUT2D eigenvalue weighted by atomic mass is 9.96. The Morgan fingerprint density at radius 2 is 1.96 bits per heavy atom.